The fourth-order valence-corrected chi connectivity index (χ4v) is 0.947. The van der Waals surface area contributed by atoms with Gasteiger partial charge in [-0.05, 0) is 7.05 Å². The average molecular weight is 205 g/mol. The average Bonchev–Trinajstić information content (AvgIpc) is 2.06. The molecule has 78 valence electrons. The molecule has 6 heteroatoms. The van der Waals surface area contributed by atoms with Crippen LogP contribution in [0.15, 0.2) is 12.4 Å². The Morgan fingerprint density at radius 3 is 2.29 bits per heavy atom. The molecule has 0 aliphatic heterocycles. The maximum absolute atomic E-state index is 11.9. The van der Waals surface area contributed by atoms with Crippen LogP contribution in [0, 0.1) is 0 Å². The quantitative estimate of drug-likeness (QED) is 0.808. The largest absolute Gasteiger partial charge is 0.396 e. The zero-order chi connectivity index (χ0) is 10.6. The molecule has 1 aromatic rings. The van der Waals surface area contributed by atoms with Crippen molar-refractivity contribution in [3.63, 3.8) is 0 Å². The molecule has 0 amide bonds. The lowest BCUT2D eigenvalue weighted by Crippen LogP contribution is -2.14. The van der Waals surface area contributed by atoms with Gasteiger partial charge < -0.3 is 5.32 Å². The maximum Gasteiger partial charge on any atom is 0.396 e. The van der Waals surface area contributed by atoms with Crippen LogP contribution in [0.4, 0.5) is 13.2 Å². The van der Waals surface area contributed by atoms with Crippen LogP contribution in [0.5, 0.6) is 0 Å². The number of rotatable bonds is 3. The fourth-order valence-electron chi connectivity index (χ4n) is 0.947. The molecule has 0 saturated carbocycles. The Morgan fingerprint density at radius 1 is 1.29 bits per heavy atom. The minimum atomic E-state index is -4.25. The molecule has 0 aliphatic carbocycles. The molecule has 0 fully saturated rings. The number of hydrogen-bond acceptors (Lipinski definition) is 3. The first kappa shape index (κ1) is 10.9. The van der Waals surface area contributed by atoms with E-state index in [0.717, 1.165) is 5.56 Å². The van der Waals surface area contributed by atoms with E-state index in [1.54, 1.807) is 7.05 Å². The van der Waals surface area contributed by atoms with E-state index < -0.39 is 12.6 Å². The highest BCUT2D eigenvalue weighted by Crippen LogP contribution is 2.18. The van der Waals surface area contributed by atoms with Crippen molar-refractivity contribution < 1.29 is 13.2 Å². The summed E-state index contributed by atoms with van der Waals surface area (Å²) in [5.41, 5.74) is 0.762. The smallest absolute Gasteiger partial charge is 0.316 e. The topological polar surface area (TPSA) is 37.8 Å². The summed E-state index contributed by atoms with van der Waals surface area (Å²) in [6.07, 6.45) is -2.54. The van der Waals surface area contributed by atoms with Crippen molar-refractivity contribution in [1.29, 1.82) is 0 Å². The zero-order valence-corrected chi connectivity index (χ0v) is 7.60. The van der Waals surface area contributed by atoms with E-state index in [2.05, 4.69) is 15.3 Å². The lowest BCUT2D eigenvalue weighted by Gasteiger charge is -2.05. The monoisotopic (exact) mass is 205 g/mol. The molecule has 0 aliphatic rings. The van der Waals surface area contributed by atoms with E-state index in [9.17, 15) is 13.2 Å². The molecule has 1 aromatic heterocycles. The molecule has 0 spiro atoms. The Bertz CT molecular complexity index is 281. The number of nitrogens with zero attached hydrogens (tertiary/aromatic N) is 2. The zero-order valence-electron chi connectivity index (χ0n) is 7.60. The van der Waals surface area contributed by atoms with Crippen LogP contribution in [0.25, 0.3) is 0 Å². The summed E-state index contributed by atoms with van der Waals surface area (Å²) in [5, 5.41) is 2.85. The van der Waals surface area contributed by atoms with Crippen LogP contribution < -0.4 is 5.32 Å². The Morgan fingerprint density at radius 2 is 1.86 bits per heavy atom. The van der Waals surface area contributed by atoms with E-state index in [4.69, 9.17) is 0 Å². The van der Waals surface area contributed by atoms with E-state index >= 15 is 0 Å². The summed E-state index contributed by atoms with van der Waals surface area (Å²) in [7, 11) is 1.74. The highest BCUT2D eigenvalue weighted by molar-refractivity contribution is 5.05. The van der Waals surface area contributed by atoms with Crippen LogP contribution in [0.3, 0.4) is 0 Å². The minimum absolute atomic E-state index is 0.197. The van der Waals surface area contributed by atoms with Gasteiger partial charge >= 0.3 is 6.18 Å². The maximum atomic E-state index is 11.9. The van der Waals surface area contributed by atoms with Crippen LogP contribution in [0.1, 0.15) is 11.4 Å². The predicted molar refractivity (Wildman–Crippen MR) is 44.6 cm³/mol. The van der Waals surface area contributed by atoms with Crippen LogP contribution in [-0.4, -0.2) is 23.2 Å². The first-order valence-corrected chi connectivity index (χ1v) is 4.02. The number of halogens is 3. The summed E-state index contributed by atoms with van der Waals surface area (Å²) in [6.45, 7) is 0.548. The van der Waals surface area contributed by atoms with Gasteiger partial charge in [-0.25, -0.2) is 9.97 Å². The van der Waals surface area contributed by atoms with Crippen molar-refractivity contribution in [2.45, 2.75) is 19.1 Å². The van der Waals surface area contributed by atoms with Crippen molar-refractivity contribution in [1.82, 2.24) is 15.3 Å². The number of aromatic nitrogens is 2. The molecule has 0 radical (unpaired) electrons. The third kappa shape index (κ3) is 3.69. The Kier molecular flexibility index (Phi) is 3.40. The van der Waals surface area contributed by atoms with Gasteiger partial charge in [-0.15, -0.1) is 0 Å². The lowest BCUT2D eigenvalue weighted by atomic mass is 10.3. The Hall–Kier alpha value is -1.17. The standard InChI is InChI=1S/C8H10F3N3/c1-12-3-6-4-13-7(14-5-6)2-8(9,10)11/h4-5,12H,2-3H2,1H3. The second kappa shape index (κ2) is 4.36. The fraction of sp³-hybridized carbons (Fsp3) is 0.500. The molecule has 0 atom stereocenters. The van der Waals surface area contributed by atoms with E-state index in [-0.39, 0.29) is 5.82 Å². The molecule has 1 rings (SSSR count). The highest BCUT2D eigenvalue weighted by Gasteiger charge is 2.29. The molecule has 0 saturated heterocycles. The third-order valence-electron chi connectivity index (χ3n) is 1.50. The van der Waals surface area contributed by atoms with Gasteiger partial charge in [0.1, 0.15) is 12.2 Å². The van der Waals surface area contributed by atoms with Gasteiger partial charge in [0, 0.05) is 24.5 Å². The van der Waals surface area contributed by atoms with Gasteiger partial charge in [0.2, 0.25) is 0 Å². The lowest BCUT2D eigenvalue weighted by molar-refractivity contribution is -0.128. The third-order valence-corrected chi connectivity index (χ3v) is 1.50. The Labute approximate surface area is 79.4 Å². The van der Waals surface area contributed by atoms with Gasteiger partial charge in [-0.1, -0.05) is 0 Å². The van der Waals surface area contributed by atoms with E-state index in [1.807, 2.05) is 0 Å². The van der Waals surface area contributed by atoms with E-state index in [1.165, 1.54) is 12.4 Å². The Balaban J connectivity index is 2.64. The van der Waals surface area contributed by atoms with Crippen molar-refractivity contribution in [2.24, 2.45) is 0 Å². The van der Waals surface area contributed by atoms with Crippen LogP contribution in [-0.2, 0) is 13.0 Å². The summed E-state index contributed by atoms with van der Waals surface area (Å²) >= 11 is 0. The van der Waals surface area contributed by atoms with Crippen LogP contribution in [0.2, 0.25) is 0 Å². The van der Waals surface area contributed by atoms with Crippen molar-refractivity contribution in [2.75, 3.05) is 7.05 Å². The number of hydrogen-bond donors (Lipinski definition) is 1. The first-order valence-electron chi connectivity index (χ1n) is 4.02. The normalized spacial score (nSPS) is 11.7. The molecule has 1 N–H and O–H groups in total. The molecular weight excluding hydrogens is 195 g/mol. The van der Waals surface area contributed by atoms with Crippen molar-refractivity contribution in [3.05, 3.63) is 23.8 Å². The van der Waals surface area contributed by atoms with Gasteiger partial charge in [0.25, 0.3) is 0 Å². The second-order valence-corrected chi connectivity index (χ2v) is 2.83. The number of alkyl halides is 3. The van der Waals surface area contributed by atoms with Crippen molar-refractivity contribution >= 4 is 0 Å². The molecule has 1 heterocycles. The number of nitrogens with one attached hydrogen (secondary N) is 1. The molecule has 0 aromatic carbocycles. The predicted octanol–water partition coefficient (Wildman–Crippen LogP) is 1.30. The first-order chi connectivity index (χ1) is 6.51. The second-order valence-electron chi connectivity index (χ2n) is 2.83. The SMILES string of the molecule is CNCc1cnc(CC(F)(F)F)nc1. The van der Waals surface area contributed by atoms with Crippen LogP contribution >= 0.6 is 0 Å². The van der Waals surface area contributed by atoms with Gasteiger partial charge in [0.05, 0.1) is 0 Å². The van der Waals surface area contributed by atoms with Gasteiger partial charge in [-0.2, -0.15) is 13.2 Å². The van der Waals surface area contributed by atoms with Gasteiger partial charge in [0.15, 0.2) is 0 Å². The van der Waals surface area contributed by atoms with Crippen molar-refractivity contribution in [3.8, 4) is 0 Å². The van der Waals surface area contributed by atoms with Gasteiger partial charge in [-0.3, -0.25) is 0 Å². The molecule has 0 unspecified atom stereocenters. The summed E-state index contributed by atoms with van der Waals surface area (Å²) < 4.78 is 35.7. The molecular formula is C8H10F3N3. The summed E-state index contributed by atoms with van der Waals surface area (Å²) in [4.78, 5) is 7.22. The summed E-state index contributed by atoms with van der Waals surface area (Å²) in [5.74, 6) is -0.197. The molecule has 14 heavy (non-hydrogen) atoms. The molecule has 0 bridgehead atoms. The van der Waals surface area contributed by atoms with E-state index in [0.29, 0.717) is 6.54 Å². The minimum Gasteiger partial charge on any atom is -0.316 e. The summed E-state index contributed by atoms with van der Waals surface area (Å²) in [6, 6.07) is 0. The highest BCUT2D eigenvalue weighted by atomic mass is 19.4. The molecule has 3 nitrogen and oxygen atoms in total.